The first kappa shape index (κ1) is 16.1. The van der Waals surface area contributed by atoms with Gasteiger partial charge in [-0.1, -0.05) is 47.5 Å². The standard InChI is InChI=1S/C18H9Cl2NO3S/c19-10-5-6-11-14(8-10)25-16(15(11)20)17-21-12(18(23)24-17)7-9-3-1-2-4-13(9)22/h1-8,22H/b12-7+. The summed E-state index contributed by atoms with van der Waals surface area (Å²) in [6.45, 7) is 0. The predicted octanol–water partition coefficient (Wildman–Crippen LogP) is 5.26. The van der Waals surface area contributed by atoms with Gasteiger partial charge in [0.1, 0.15) is 10.6 Å². The summed E-state index contributed by atoms with van der Waals surface area (Å²) in [5, 5.41) is 11.7. The Morgan fingerprint density at radius 2 is 1.96 bits per heavy atom. The minimum absolute atomic E-state index is 0.0565. The number of para-hydroxylation sites is 1. The number of phenols is 1. The highest BCUT2D eigenvalue weighted by Gasteiger charge is 2.28. The first-order valence-electron chi connectivity index (χ1n) is 7.21. The number of hydrogen-bond donors (Lipinski definition) is 1. The van der Waals surface area contributed by atoms with Crippen molar-refractivity contribution in [2.75, 3.05) is 0 Å². The van der Waals surface area contributed by atoms with E-state index < -0.39 is 5.97 Å². The lowest BCUT2D eigenvalue weighted by Gasteiger charge is -1.97. The lowest BCUT2D eigenvalue weighted by molar-refractivity contribution is -0.129. The van der Waals surface area contributed by atoms with E-state index in [1.807, 2.05) is 6.07 Å². The van der Waals surface area contributed by atoms with Crippen LogP contribution in [0.1, 0.15) is 10.4 Å². The molecule has 0 saturated heterocycles. The van der Waals surface area contributed by atoms with Crippen LogP contribution in [0.15, 0.2) is 53.2 Å². The van der Waals surface area contributed by atoms with Gasteiger partial charge in [-0.2, -0.15) is 0 Å². The molecule has 0 bridgehead atoms. The molecule has 4 rings (SSSR count). The molecule has 3 aromatic rings. The molecule has 0 saturated carbocycles. The van der Waals surface area contributed by atoms with Crippen LogP contribution in [-0.4, -0.2) is 17.0 Å². The number of ether oxygens (including phenoxy) is 1. The monoisotopic (exact) mass is 389 g/mol. The maximum atomic E-state index is 12.1. The Labute approximate surface area is 156 Å². The van der Waals surface area contributed by atoms with Crippen molar-refractivity contribution >= 4 is 62.6 Å². The van der Waals surface area contributed by atoms with Gasteiger partial charge in [0.15, 0.2) is 5.70 Å². The predicted molar refractivity (Wildman–Crippen MR) is 101 cm³/mol. The molecule has 7 heteroatoms. The Hall–Kier alpha value is -2.34. The summed E-state index contributed by atoms with van der Waals surface area (Å²) in [4.78, 5) is 16.9. The molecule has 1 aliphatic rings. The molecule has 2 heterocycles. The molecular formula is C18H9Cl2NO3S. The number of hydrogen-bond acceptors (Lipinski definition) is 5. The van der Waals surface area contributed by atoms with Gasteiger partial charge >= 0.3 is 5.97 Å². The number of phenolic OH excluding ortho intramolecular Hbond substituents is 1. The highest BCUT2D eigenvalue weighted by molar-refractivity contribution is 7.21. The number of fused-ring (bicyclic) bond motifs is 1. The summed E-state index contributed by atoms with van der Waals surface area (Å²) in [7, 11) is 0. The zero-order valence-electron chi connectivity index (χ0n) is 12.5. The average molecular weight is 390 g/mol. The van der Waals surface area contributed by atoms with Crippen molar-refractivity contribution in [2.45, 2.75) is 0 Å². The van der Waals surface area contributed by atoms with Crippen molar-refractivity contribution in [1.29, 1.82) is 0 Å². The number of carbonyl (C=O) groups excluding carboxylic acids is 1. The zero-order valence-corrected chi connectivity index (χ0v) is 14.8. The van der Waals surface area contributed by atoms with Crippen LogP contribution in [0.3, 0.4) is 0 Å². The van der Waals surface area contributed by atoms with E-state index in [2.05, 4.69) is 4.99 Å². The fourth-order valence-electron chi connectivity index (χ4n) is 2.44. The SMILES string of the molecule is O=C1OC(c2sc3cc(Cl)ccc3c2Cl)=N/C1=C/c1ccccc1O. The number of thiophene rings is 1. The van der Waals surface area contributed by atoms with Crippen molar-refractivity contribution in [3.05, 3.63) is 68.6 Å². The van der Waals surface area contributed by atoms with E-state index in [1.54, 1.807) is 30.3 Å². The molecule has 2 aromatic carbocycles. The molecule has 0 unspecified atom stereocenters. The summed E-state index contributed by atoms with van der Waals surface area (Å²) < 4.78 is 6.15. The van der Waals surface area contributed by atoms with Gasteiger partial charge in [0.2, 0.25) is 5.90 Å². The molecule has 25 heavy (non-hydrogen) atoms. The van der Waals surface area contributed by atoms with E-state index in [0.717, 1.165) is 10.1 Å². The molecule has 0 atom stereocenters. The maximum Gasteiger partial charge on any atom is 0.363 e. The van der Waals surface area contributed by atoms with Crippen LogP contribution in [0.4, 0.5) is 0 Å². The number of aromatic hydroxyl groups is 1. The Kier molecular flexibility index (Phi) is 4.00. The topological polar surface area (TPSA) is 58.9 Å². The number of halogens is 2. The lowest BCUT2D eigenvalue weighted by atomic mass is 10.1. The number of cyclic esters (lactones) is 1. The van der Waals surface area contributed by atoms with Gasteiger partial charge in [0, 0.05) is 20.7 Å². The van der Waals surface area contributed by atoms with Crippen LogP contribution in [-0.2, 0) is 9.53 Å². The van der Waals surface area contributed by atoms with Crippen molar-refractivity contribution in [1.82, 2.24) is 0 Å². The van der Waals surface area contributed by atoms with E-state index >= 15 is 0 Å². The van der Waals surface area contributed by atoms with Crippen LogP contribution in [0, 0.1) is 0 Å². The molecule has 1 N–H and O–H groups in total. The first-order chi connectivity index (χ1) is 12.0. The minimum Gasteiger partial charge on any atom is -0.507 e. The van der Waals surface area contributed by atoms with Crippen LogP contribution >= 0.6 is 34.5 Å². The number of esters is 1. The molecular weight excluding hydrogens is 381 g/mol. The summed E-state index contributed by atoms with van der Waals surface area (Å²) in [5.74, 6) is -0.389. The molecule has 0 amide bonds. The molecule has 0 spiro atoms. The summed E-state index contributed by atoms with van der Waals surface area (Å²) in [5.41, 5.74) is 0.580. The number of aliphatic imine (C=N–C) groups is 1. The van der Waals surface area contributed by atoms with Crippen LogP contribution in [0.2, 0.25) is 10.0 Å². The van der Waals surface area contributed by atoms with E-state index in [-0.39, 0.29) is 17.3 Å². The molecule has 0 aliphatic carbocycles. The van der Waals surface area contributed by atoms with Gasteiger partial charge in [0.05, 0.1) is 5.02 Å². The summed E-state index contributed by atoms with van der Waals surface area (Å²) >= 11 is 13.8. The Morgan fingerprint density at radius 3 is 2.76 bits per heavy atom. The second-order valence-electron chi connectivity index (χ2n) is 5.28. The first-order valence-corrected chi connectivity index (χ1v) is 8.78. The minimum atomic E-state index is -0.593. The third kappa shape index (κ3) is 2.91. The molecule has 1 aromatic heterocycles. The van der Waals surface area contributed by atoms with Gasteiger partial charge in [-0.3, -0.25) is 0 Å². The Morgan fingerprint density at radius 1 is 1.16 bits per heavy atom. The second-order valence-corrected chi connectivity index (χ2v) is 7.15. The van der Waals surface area contributed by atoms with E-state index in [0.29, 0.717) is 20.5 Å². The van der Waals surface area contributed by atoms with Crippen molar-refractivity contribution in [3.8, 4) is 5.75 Å². The van der Waals surface area contributed by atoms with Gasteiger partial charge < -0.3 is 9.84 Å². The molecule has 1 aliphatic heterocycles. The average Bonchev–Trinajstić information content (AvgIpc) is 3.10. The number of rotatable bonds is 2. The van der Waals surface area contributed by atoms with E-state index in [9.17, 15) is 9.90 Å². The fraction of sp³-hybridized carbons (Fsp3) is 0. The highest BCUT2D eigenvalue weighted by Crippen LogP contribution is 2.38. The third-order valence-corrected chi connectivity index (χ3v) is 5.52. The highest BCUT2D eigenvalue weighted by atomic mass is 35.5. The van der Waals surface area contributed by atoms with Crippen molar-refractivity contribution in [2.24, 2.45) is 4.99 Å². The Balaban J connectivity index is 1.78. The van der Waals surface area contributed by atoms with Crippen LogP contribution in [0.25, 0.3) is 16.2 Å². The van der Waals surface area contributed by atoms with Crippen molar-refractivity contribution in [3.63, 3.8) is 0 Å². The van der Waals surface area contributed by atoms with E-state index in [4.69, 9.17) is 27.9 Å². The number of benzene rings is 2. The largest absolute Gasteiger partial charge is 0.507 e. The van der Waals surface area contributed by atoms with Gasteiger partial charge in [-0.25, -0.2) is 9.79 Å². The smallest absolute Gasteiger partial charge is 0.363 e. The second kappa shape index (κ2) is 6.19. The van der Waals surface area contributed by atoms with Crippen LogP contribution in [0.5, 0.6) is 5.75 Å². The van der Waals surface area contributed by atoms with E-state index in [1.165, 1.54) is 23.5 Å². The molecule has 4 nitrogen and oxygen atoms in total. The van der Waals surface area contributed by atoms with Gasteiger partial charge in [-0.15, -0.1) is 11.3 Å². The van der Waals surface area contributed by atoms with Crippen molar-refractivity contribution < 1.29 is 14.6 Å². The Bertz CT molecular complexity index is 1090. The fourth-order valence-corrected chi connectivity index (χ4v) is 4.15. The number of nitrogens with zero attached hydrogens (tertiary/aromatic N) is 1. The molecule has 124 valence electrons. The van der Waals surface area contributed by atoms with Gasteiger partial charge in [-0.05, 0) is 24.3 Å². The summed E-state index contributed by atoms with van der Waals surface area (Å²) in [6.07, 6.45) is 1.47. The maximum absolute atomic E-state index is 12.1. The zero-order chi connectivity index (χ0) is 17.6. The van der Waals surface area contributed by atoms with Gasteiger partial charge in [0.25, 0.3) is 0 Å². The lowest BCUT2D eigenvalue weighted by Crippen LogP contribution is -2.04. The molecule has 0 fully saturated rings. The third-order valence-electron chi connectivity index (χ3n) is 3.64. The number of carbonyl (C=O) groups is 1. The normalized spacial score (nSPS) is 15.7. The quantitative estimate of drug-likeness (QED) is 0.480. The van der Waals surface area contributed by atoms with Crippen LogP contribution < -0.4 is 0 Å². The molecule has 0 radical (unpaired) electrons. The summed E-state index contributed by atoms with van der Waals surface area (Å²) in [6, 6.07) is 12.0.